The topological polar surface area (TPSA) is 96.0 Å². The van der Waals surface area contributed by atoms with Crippen LogP contribution in [0.3, 0.4) is 0 Å². The smallest absolute Gasteiger partial charge is 0.415 e. The molecule has 0 spiro atoms. The second kappa shape index (κ2) is 7.32. The number of benzene rings is 1. The number of anilines is 1. The zero-order valence-corrected chi connectivity index (χ0v) is 16.7. The Hall–Kier alpha value is -3.20. The molecule has 1 aromatic carbocycles. The molecule has 1 unspecified atom stereocenters. The molecule has 4 rings (SSSR count). The molecule has 29 heavy (non-hydrogen) atoms. The molecule has 0 radical (unpaired) electrons. The van der Waals surface area contributed by atoms with Gasteiger partial charge in [-0.25, -0.2) is 4.79 Å². The zero-order chi connectivity index (χ0) is 20.7. The number of carbonyl (C=O) groups is 4. The van der Waals surface area contributed by atoms with Gasteiger partial charge in [0.2, 0.25) is 0 Å². The summed E-state index contributed by atoms with van der Waals surface area (Å²) in [6.07, 6.45) is -0.912. The van der Waals surface area contributed by atoms with Crippen LogP contribution in [-0.4, -0.2) is 54.0 Å². The highest BCUT2D eigenvalue weighted by Gasteiger charge is 2.38. The molecule has 4 amide bonds. The summed E-state index contributed by atoms with van der Waals surface area (Å²) in [6.45, 7) is 4.02. The fourth-order valence-electron chi connectivity index (χ4n) is 3.41. The Morgan fingerprint density at radius 2 is 1.97 bits per heavy atom. The summed E-state index contributed by atoms with van der Waals surface area (Å²) in [4.78, 5) is 52.1. The van der Waals surface area contributed by atoms with Crippen LogP contribution >= 0.6 is 11.3 Å². The number of hydrogen-bond donors (Lipinski definition) is 1. The second-order valence-electron chi connectivity index (χ2n) is 7.11. The van der Waals surface area contributed by atoms with Crippen molar-refractivity contribution < 1.29 is 23.9 Å². The highest BCUT2D eigenvalue weighted by atomic mass is 32.1. The molecule has 2 aliphatic heterocycles. The quantitative estimate of drug-likeness (QED) is 0.760. The largest absolute Gasteiger partial charge is 0.442 e. The van der Waals surface area contributed by atoms with E-state index in [4.69, 9.17) is 4.74 Å². The first-order chi connectivity index (χ1) is 13.9. The van der Waals surface area contributed by atoms with E-state index in [1.165, 1.54) is 39.3 Å². The van der Waals surface area contributed by atoms with Crippen molar-refractivity contribution in [2.45, 2.75) is 26.0 Å². The number of rotatable bonds is 5. The highest BCUT2D eigenvalue weighted by Crippen LogP contribution is 2.27. The molecule has 0 saturated carbocycles. The molecular formula is C20H19N3O5S. The molecule has 0 bridgehead atoms. The van der Waals surface area contributed by atoms with Crippen LogP contribution in [0.2, 0.25) is 0 Å². The van der Waals surface area contributed by atoms with E-state index in [1.54, 1.807) is 13.8 Å². The van der Waals surface area contributed by atoms with Crippen molar-refractivity contribution in [3.05, 3.63) is 52.4 Å². The zero-order valence-electron chi connectivity index (χ0n) is 15.9. The Morgan fingerprint density at radius 3 is 2.66 bits per heavy atom. The Bertz CT molecular complexity index is 1000. The summed E-state index contributed by atoms with van der Waals surface area (Å²) >= 11 is 1.44. The third-order valence-corrected chi connectivity index (χ3v) is 5.72. The molecule has 9 heteroatoms. The maximum Gasteiger partial charge on any atom is 0.415 e. The fourth-order valence-corrected chi connectivity index (χ4v) is 4.14. The lowest BCUT2D eigenvalue weighted by atomic mass is 10.1. The van der Waals surface area contributed by atoms with Crippen molar-refractivity contribution in [2.75, 3.05) is 18.0 Å². The van der Waals surface area contributed by atoms with E-state index in [1.807, 2.05) is 17.5 Å². The number of fused-ring (bicyclic) bond motifs is 1. The Morgan fingerprint density at radius 1 is 1.21 bits per heavy atom. The van der Waals surface area contributed by atoms with Gasteiger partial charge in [0.15, 0.2) is 0 Å². The van der Waals surface area contributed by atoms with Gasteiger partial charge in [-0.15, -0.1) is 11.3 Å². The van der Waals surface area contributed by atoms with E-state index in [-0.39, 0.29) is 29.6 Å². The lowest BCUT2D eigenvalue weighted by Gasteiger charge is -2.17. The molecule has 2 aromatic rings. The molecule has 8 nitrogen and oxygen atoms in total. The van der Waals surface area contributed by atoms with E-state index >= 15 is 0 Å². The van der Waals surface area contributed by atoms with Crippen LogP contribution in [0.15, 0.2) is 35.7 Å². The van der Waals surface area contributed by atoms with Gasteiger partial charge in [0.1, 0.15) is 11.1 Å². The number of cyclic esters (lactones) is 1. The third-order valence-electron chi connectivity index (χ3n) is 4.83. The van der Waals surface area contributed by atoms with Crippen molar-refractivity contribution in [3.63, 3.8) is 0 Å². The molecule has 1 atom stereocenters. The van der Waals surface area contributed by atoms with Crippen molar-refractivity contribution in [1.29, 1.82) is 0 Å². The minimum Gasteiger partial charge on any atom is -0.442 e. The average Bonchev–Trinajstić information content (AvgIpc) is 3.39. The maximum atomic E-state index is 12.5. The Kier molecular flexibility index (Phi) is 4.83. The van der Waals surface area contributed by atoms with Gasteiger partial charge in [-0.2, -0.15) is 0 Å². The van der Waals surface area contributed by atoms with E-state index < -0.39 is 24.0 Å². The minimum absolute atomic E-state index is 0.147. The SMILES string of the molecule is CC(C)N1C(=O)c2ccc(C(=O)NCC3CN(c4cccs4)C(=O)O3)cc2C1=O. The van der Waals surface area contributed by atoms with Crippen LogP contribution in [0, 0.1) is 0 Å². The minimum atomic E-state index is -0.470. The van der Waals surface area contributed by atoms with Gasteiger partial charge in [0, 0.05) is 11.6 Å². The number of nitrogens with one attached hydrogen (secondary N) is 1. The van der Waals surface area contributed by atoms with Crippen LogP contribution in [0.4, 0.5) is 9.80 Å². The predicted molar refractivity (Wildman–Crippen MR) is 106 cm³/mol. The van der Waals surface area contributed by atoms with Gasteiger partial charge in [0.25, 0.3) is 17.7 Å². The van der Waals surface area contributed by atoms with Gasteiger partial charge in [-0.1, -0.05) is 0 Å². The van der Waals surface area contributed by atoms with E-state index in [0.29, 0.717) is 12.1 Å². The van der Waals surface area contributed by atoms with Crippen LogP contribution in [-0.2, 0) is 4.74 Å². The number of ether oxygens (including phenoxy) is 1. The number of imide groups is 1. The summed E-state index contributed by atoms with van der Waals surface area (Å²) in [6, 6.07) is 7.87. The first-order valence-corrected chi connectivity index (χ1v) is 10.1. The lowest BCUT2D eigenvalue weighted by Crippen LogP contribution is -2.36. The van der Waals surface area contributed by atoms with Gasteiger partial charge >= 0.3 is 6.09 Å². The molecule has 1 N–H and O–H groups in total. The van der Waals surface area contributed by atoms with E-state index in [2.05, 4.69) is 5.32 Å². The van der Waals surface area contributed by atoms with Crippen molar-refractivity contribution in [2.24, 2.45) is 0 Å². The third kappa shape index (κ3) is 3.38. The maximum absolute atomic E-state index is 12.5. The van der Waals surface area contributed by atoms with Crippen LogP contribution in [0.25, 0.3) is 0 Å². The van der Waals surface area contributed by atoms with Crippen LogP contribution < -0.4 is 10.2 Å². The molecule has 0 aliphatic carbocycles. The fraction of sp³-hybridized carbons (Fsp3) is 0.300. The van der Waals surface area contributed by atoms with Gasteiger partial charge in [-0.05, 0) is 49.6 Å². The summed E-state index contributed by atoms with van der Waals surface area (Å²) in [5, 5.41) is 5.39. The monoisotopic (exact) mass is 413 g/mol. The number of hydrogen-bond acceptors (Lipinski definition) is 6. The lowest BCUT2D eigenvalue weighted by molar-refractivity contribution is 0.0608. The summed E-state index contributed by atoms with van der Waals surface area (Å²) in [7, 11) is 0. The summed E-state index contributed by atoms with van der Waals surface area (Å²) < 4.78 is 5.30. The van der Waals surface area contributed by atoms with Crippen molar-refractivity contribution >= 4 is 40.2 Å². The molecule has 1 saturated heterocycles. The van der Waals surface area contributed by atoms with Gasteiger partial charge in [-0.3, -0.25) is 24.2 Å². The molecule has 150 valence electrons. The second-order valence-corrected chi connectivity index (χ2v) is 8.04. The van der Waals surface area contributed by atoms with Crippen LogP contribution in [0.5, 0.6) is 0 Å². The average molecular weight is 413 g/mol. The van der Waals surface area contributed by atoms with E-state index in [9.17, 15) is 19.2 Å². The molecule has 2 aliphatic rings. The van der Waals surface area contributed by atoms with Crippen molar-refractivity contribution in [3.8, 4) is 0 Å². The first-order valence-electron chi connectivity index (χ1n) is 9.18. The van der Waals surface area contributed by atoms with Gasteiger partial charge < -0.3 is 10.1 Å². The molecule has 3 heterocycles. The molecule has 1 fully saturated rings. The first kappa shape index (κ1) is 19.1. The Balaban J connectivity index is 1.41. The summed E-state index contributed by atoms with van der Waals surface area (Å²) in [5.74, 6) is -1.15. The number of nitrogens with zero attached hydrogens (tertiary/aromatic N) is 2. The molecular weight excluding hydrogens is 394 g/mol. The number of amides is 4. The normalized spacial score (nSPS) is 18.4. The van der Waals surface area contributed by atoms with Crippen LogP contribution in [0.1, 0.15) is 44.9 Å². The highest BCUT2D eigenvalue weighted by molar-refractivity contribution is 7.14. The standard InChI is InChI=1S/C20H19N3O5S/c1-11(2)23-18(25)14-6-5-12(8-15(14)19(23)26)17(24)21-9-13-10-22(20(27)28-13)16-4-3-7-29-16/h3-8,11,13H,9-10H2,1-2H3,(H,21,24). The van der Waals surface area contributed by atoms with E-state index in [0.717, 1.165) is 5.00 Å². The van der Waals surface area contributed by atoms with Crippen molar-refractivity contribution in [1.82, 2.24) is 10.2 Å². The molecule has 1 aromatic heterocycles. The number of thiophene rings is 1. The number of carbonyl (C=O) groups excluding carboxylic acids is 4. The Labute approximate surface area is 171 Å². The summed E-state index contributed by atoms with van der Waals surface area (Å²) in [5.41, 5.74) is 0.805. The predicted octanol–water partition coefficient (Wildman–Crippen LogP) is 2.51. The van der Waals surface area contributed by atoms with Gasteiger partial charge in [0.05, 0.1) is 24.2 Å².